The predicted molar refractivity (Wildman–Crippen MR) is 97.4 cm³/mol. The van der Waals surface area contributed by atoms with Crippen molar-refractivity contribution in [1.82, 2.24) is 4.98 Å². The van der Waals surface area contributed by atoms with E-state index in [-0.39, 0.29) is 20.8 Å². The van der Waals surface area contributed by atoms with Gasteiger partial charge in [0.2, 0.25) is 0 Å². The quantitative estimate of drug-likeness (QED) is 0.353. The Balaban J connectivity index is 2.32. The van der Waals surface area contributed by atoms with Gasteiger partial charge in [0.15, 0.2) is 5.78 Å². The molecule has 120 valence electrons. The number of halogens is 5. The second-order valence-corrected chi connectivity index (χ2v) is 6.46. The molecule has 0 bridgehead atoms. The zero-order valence-electron chi connectivity index (χ0n) is 11.6. The summed E-state index contributed by atoms with van der Waals surface area (Å²) in [7, 11) is 0. The Kier molecular flexibility index (Phi) is 6.18. The van der Waals surface area contributed by atoms with Crippen molar-refractivity contribution >= 4 is 69.5 Å². The molecule has 3 nitrogen and oxygen atoms in total. The average Bonchev–Trinajstić information content (AvgIpc) is 2.47. The van der Waals surface area contributed by atoms with Crippen LogP contribution >= 0.6 is 58.0 Å². The third-order valence-electron chi connectivity index (χ3n) is 2.81. The van der Waals surface area contributed by atoms with Crippen LogP contribution in [-0.4, -0.2) is 10.8 Å². The first kappa shape index (κ1) is 18.4. The molecule has 0 atom stereocenters. The van der Waals surface area contributed by atoms with E-state index in [2.05, 4.69) is 10.3 Å². The van der Waals surface area contributed by atoms with Gasteiger partial charge in [-0.2, -0.15) is 0 Å². The maximum atomic E-state index is 12.4. The van der Waals surface area contributed by atoms with E-state index in [1.807, 2.05) is 0 Å². The molecule has 23 heavy (non-hydrogen) atoms. The molecule has 0 fully saturated rings. The Hall–Kier alpha value is -0.970. The Bertz CT molecular complexity index is 784. The van der Waals surface area contributed by atoms with E-state index in [9.17, 15) is 4.79 Å². The molecular weight excluding hydrogens is 401 g/mol. The zero-order valence-corrected chi connectivity index (χ0v) is 15.4. The van der Waals surface area contributed by atoms with Gasteiger partial charge in [-0.05, 0) is 19.1 Å². The normalized spacial score (nSPS) is 11.5. The van der Waals surface area contributed by atoms with Crippen LogP contribution in [0.1, 0.15) is 17.3 Å². The fraction of sp³-hybridized carbons (Fsp3) is 0.0667. The minimum atomic E-state index is -0.442. The summed E-state index contributed by atoms with van der Waals surface area (Å²) in [6.07, 6.45) is 2.59. The van der Waals surface area contributed by atoms with Crippen molar-refractivity contribution in [2.75, 3.05) is 5.32 Å². The molecule has 1 heterocycles. The Morgan fingerprint density at radius 3 is 2.30 bits per heavy atom. The van der Waals surface area contributed by atoms with Crippen molar-refractivity contribution in [2.24, 2.45) is 0 Å². The van der Waals surface area contributed by atoms with Crippen LogP contribution in [0, 0.1) is 0 Å². The highest BCUT2D eigenvalue weighted by molar-refractivity contribution is 6.46. The van der Waals surface area contributed by atoms with Crippen LogP contribution in [0.4, 0.5) is 5.69 Å². The molecule has 8 heteroatoms. The molecule has 0 unspecified atom stereocenters. The molecule has 0 saturated heterocycles. The molecule has 2 rings (SSSR count). The van der Waals surface area contributed by atoms with E-state index < -0.39 is 5.78 Å². The summed E-state index contributed by atoms with van der Waals surface area (Å²) in [5, 5.41) is 4.00. The molecule has 0 saturated carbocycles. The van der Waals surface area contributed by atoms with Crippen LogP contribution in [0.3, 0.4) is 0 Å². The number of carbonyl (C=O) groups is 1. The number of nitrogens with one attached hydrogen (secondary N) is 1. The van der Waals surface area contributed by atoms with Gasteiger partial charge in [-0.3, -0.25) is 4.79 Å². The van der Waals surface area contributed by atoms with Gasteiger partial charge in [0.05, 0.1) is 31.3 Å². The summed E-state index contributed by atoms with van der Waals surface area (Å²) < 4.78 is 0. The maximum Gasteiger partial charge on any atom is 0.192 e. The molecular formula is C15H9Cl5N2O. The van der Waals surface area contributed by atoms with E-state index in [1.54, 1.807) is 25.1 Å². The van der Waals surface area contributed by atoms with Gasteiger partial charge in [-0.15, -0.1) is 0 Å². The van der Waals surface area contributed by atoms with Crippen LogP contribution in [-0.2, 0) is 0 Å². The number of ketones is 1. The third kappa shape index (κ3) is 4.31. The Morgan fingerprint density at radius 1 is 1.09 bits per heavy atom. The molecule has 0 aliphatic rings. The number of nitrogens with zero attached hydrogens (tertiary/aromatic N) is 1. The van der Waals surface area contributed by atoms with E-state index in [0.29, 0.717) is 21.4 Å². The number of rotatable bonds is 4. The number of anilines is 1. The fourth-order valence-corrected chi connectivity index (χ4v) is 2.93. The first-order valence-corrected chi connectivity index (χ1v) is 8.13. The van der Waals surface area contributed by atoms with Crippen LogP contribution in [0.2, 0.25) is 25.2 Å². The average molecular weight is 411 g/mol. The van der Waals surface area contributed by atoms with Crippen molar-refractivity contribution in [3.8, 4) is 0 Å². The summed E-state index contributed by atoms with van der Waals surface area (Å²) in [6.45, 7) is 1.68. The molecule has 1 aromatic carbocycles. The minimum absolute atomic E-state index is 0.0239. The molecule has 1 N–H and O–H groups in total. The van der Waals surface area contributed by atoms with E-state index in [1.165, 1.54) is 12.3 Å². The number of pyridine rings is 1. The molecule has 0 aliphatic carbocycles. The predicted octanol–water partition coefficient (Wildman–Crippen LogP) is 6.55. The van der Waals surface area contributed by atoms with Gasteiger partial charge in [0, 0.05) is 18.0 Å². The Morgan fingerprint density at radius 2 is 1.70 bits per heavy atom. The van der Waals surface area contributed by atoms with Gasteiger partial charge in [0.25, 0.3) is 0 Å². The number of hydrogen-bond donors (Lipinski definition) is 1. The molecule has 1 aromatic heterocycles. The van der Waals surface area contributed by atoms with Gasteiger partial charge in [-0.1, -0.05) is 64.1 Å². The van der Waals surface area contributed by atoms with E-state index in [4.69, 9.17) is 58.0 Å². The lowest BCUT2D eigenvalue weighted by Gasteiger charge is -2.11. The topological polar surface area (TPSA) is 42.0 Å². The summed E-state index contributed by atoms with van der Waals surface area (Å²) in [5.41, 5.74) is 1.03. The van der Waals surface area contributed by atoms with Gasteiger partial charge >= 0.3 is 0 Å². The lowest BCUT2D eigenvalue weighted by molar-refractivity contribution is 0.104. The lowest BCUT2D eigenvalue weighted by Crippen LogP contribution is -2.04. The van der Waals surface area contributed by atoms with Crippen molar-refractivity contribution in [1.29, 1.82) is 0 Å². The number of aromatic nitrogens is 1. The largest absolute Gasteiger partial charge is 0.357 e. The van der Waals surface area contributed by atoms with Gasteiger partial charge in [-0.25, -0.2) is 4.98 Å². The number of carbonyl (C=O) groups excluding carboxylic acids is 1. The van der Waals surface area contributed by atoms with E-state index >= 15 is 0 Å². The van der Waals surface area contributed by atoms with Gasteiger partial charge < -0.3 is 5.32 Å². The molecule has 2 aromatic rings. The maximum absolute atomic E-state index is 12.4. The SMILES string of the molecule is CC(=CC(=O)c1c(Cl)ncc(Cl)c1Cl)Nc1c(Cl)cccc1Cl. The smallest absolute Gasteiger partial charge is 0.192 e. The summed E-state index contributed by atoms with van der Waals surface area (Å²) >= 11 is 29.9. The zero-order chi connectivity index (χ0) is 17.1. The molecule has 0 spiro atoms. The standard InChI is InChI=1S/C15H9Cl5N2O/c1-7(22-14-8(16)3-2-4-9(14)17)5-11(23)12-13(19)10(18)6-21-15(12)20/h2-6,22H,1H3. The second kappa shape index (κ2) is 7.73. The number of para-hydroxylation sites is 1. The summed E-state index contributed by atoms with van der Waals surface area (Å²) in [5.74, 6) is -0.442. The number of hydrogen-bond acceptors (Lipinski definition) is 3. The summed E-state index contributed by atoms with van der Waals surface area (Å²) in [4.78, 5) is 16.2. The Labute approximate surface area is 158 Å². The lowest BCUT2D eigenvalue weighted by atomic mass is 10.1. The monoisotopic (exact) mass is 408 g/mol. The van der Waals surface area contributed by atoms with Gasteiger partial charge in [0.1, 0.15) is 5.15 Å². The van der Waals surface area contributed by atoms with Crippen LogP contribution < -0.4 is 5.32 Å². The molecule has 0 radical (unpaired) electrons. The number of allylic oxidation sites excluding steroid dienone is 2. The van der Waals surface area contributed by atoms with Crippen LogP contribution in [0.5, 0.6) is 0 Å². The highest BCUT2D eigenvalue weighted by atomic mass is 35.5. The minimum Gasteiger partial charge on any atom is -0.357 e. The van der Waals surface area contributed by atoms with E-state index in [0.717, 1.165) is 0 Å². The molecule has 0 amide bonds. The van der Waals surface area contributed by atoms with Crippen molar-refractivity contribution in [3.05, 3.63) is 67.0 Å². The van der Waals surface area contributed by atoms with Crippen molar-refractivity contribution in [3.63, 3.8) is 0 Å². The van der Waals surface area contributed by atoms with Crippen molar-refractivity contribution in [2.45, 2.75) is 6.92 Å². The summed E-state index contributed by atoms with van der Waals surface area (Å²) in [6, 6.07) is 5.08. The first-order chi connectivity index (χ1) is 10.8. The first-order valence-electron chi connectivity index (χ1n) is 6.24. The van der Waals surface area contributed by atoms with Crippen LogP contribution in [0.25, 0.3) is 0 Å². The second-order valence-electron chi connectivity index (χ2n) is 4.50. The fourth-order valence-electron chi connectivity index (χ4n) is 1.77. The van der Waals surface area contributed by atoms with Crippen molar-refractivity contribution < 1.29 is 4.79 Å². The third-order valence-corrected chi connectivity index (χ3v) is 4.50. The highest BCUT2D eigenvalue weighted by Crippen LogP contribution is 2.32. The van der Waals surface area contributed by atoms with Crippen LogP contribution in [0.15, 0.2) is 36.2 Å². The number of benzene rings is 1. The molecule has 0 aliphatic heterocycles. The highest BCUT2D eigenvalue weighted by Gasteiger charge is 2.17.